The van der Waals surface area contributed by atoms with Crippen LogP contribution in [0.2, 0.25) is 0 Å². The summed E-state index contributed by atoms with van der Waals surface area (Å²) in [5.74, 6) is -0.00733. The molecule has 8 heteroatoms. The van der Waals surface area contributed by atoms with Crippen LogP contribution < -0.4 is 9.47 Å². The van der Waals surface area contributed by atoms with Gasteiger partial charge in [0.25, 0.3) is 0 Å². The van der Waals surface area contributed by atoms with Crippen molar-refractivity contribution in [2.24, 2.45) is 20.0 Å². The van der Waals surface area contributed by atoms with Crippen LogP contribution in [-0.2, 0) is 16.0 Å². The third-order valence-electron chi connectivity index (χ3n) is 8.40. The minimum Gasteiger partial charge on any atom is -0.423 e. The summed E-state index contributed by atoms with van der Waals surface area (Å²) in [6.07, 6.45) is 8.07. The van der Waals surface area contributed by atoms with Gasteiger partial charge >= 0.3 is 11.9 Å². The Morgan fingerprint density at radius 3 is 0.912 bits per heavy atom. The molecule has 0 bridgehead atoms. The summed E-state index contributed by atoms with van der Waals surface area (Å²) < 4.78 is 10.4. The average molecular weight is 749 g/mol. The van der Waals surface area contributed by atoms with Crippen molar-refractivity contribution in [3.63, 3.8) is 0 Å². The Morgan fingerprint density at radius 2 is 0.667 bits per heavy atom. The molecule has 280 valence electrons. The molecule has 0 fully saturated rings. The van der Waals surface area contributed by atoms with E-state index in [0.29, 0.717) is 22.6 Å². The molecule has 0 atom stereocenters. The maximum Gasteiger partial charge on any atom is 0.338 e. The number of carbonyl (C=O) groups excluding carboxylic acids is 2. The van der Waals surface area contributed by atoms with Crippen LogP contribution in [0.3, 0.4) is 0 Å². The lowest BCUT2D eigenvalue weighted by atomic mass is 10.0. The summed E-state index contributed by atoms with van der Waals surface area (Å²) in [6.45, 7) is 10.4. The number of hydrogen-bond acceptors (Lipinski definition) is 8. The van der Waals surface area contributed by atoms with Gasteiger partial charge in [0.1, 0.15) is 11.5 Å². The SMILES string of the molecule is C=C(C)C(=O)Oc1ccc(N=Cc2ccc(C=Nc3ccc(Cc4ccc(N=Cc5ccc(C=Nc6ccc(OC(=O)C(=C)C)cc6)cc5)cc4)cc3)cc2)cc1. The monoisotopic (exact) mass is 748 g/mol. The van der Waals surface area contributed by atoms with Crippen molar-refractivity contribution in [3.05, 3.63) is 203 Å². The zero-order valence-electron chi connectivity index (χ0n) is 31.7. The minimum absolute atomic E-state index is 0.346. The highest BCUT2D eigenvalue weighted by molar-refractivity contribution is 5.90. The molecule has 0 aromatic heterocycles. The van der Waals surface area contributed by atoms with Gasteiger partial charge in [-0.2, -0.15) is 0 Å². The van der Waals surface area contributed by atoms with Crippen molar-refractivity contribution in [2.45, 2.75) is 20.3 Å². The number of ether oxygens (including phenoxy) is 2. The first-order valence-corrected chi connectivity index (χ1v) is 18.1. The van der Waals surface area contributed by atoms with Gasteiger partial charge in [0.05, 0.1) is 22.7 Å². The topological polar surface area (TPSA) is 102 Å². The van der Waals surface area contributed by atoms with E-state index in [1.807, 2.05) is 85.2 Å². The zero-order valence-corrected chi connectivity index (χ0v) is 31.7. The summed E-state index contributed by atoms with van der Waals surface area (Å²) in [7, 11) is 0. The number of esters is 2. The van der Waals surface area contributed by atoms with E-state index in [1.165, 1.54) is 11.1 Å². The van der Waals surface area contributed by atoms with Crippen LogP contribution in [0.15, 0.2) is 190 Å². The lowest BCUT2D eigenvalue weighted by molar-refractivity contribution is -0.130. The Hall–Kier alpha value is -7.58. The first-order valence-electron chi connectivity index (χ1n) is 18.1. The fraction of sp³-hybridized carbons (Fsp3) is 0.0612. The van der Waals surface area contributed by atoms with Crippen LogP contribution >= 0.6 is 0 Å². The molecule has 0 saturated carbocycles. The van der Waals surface area contributed by atoms with Crippen LogP contribution in [0.5, 0.6) is 11.5 Å². The van der Waals surface area contributed by atoms with Crippen molar-refractivity contribution in [3.8, 4) is 11.5 Å². The average Bonchev–Trinajstić information content (AvgIpc) is 3.23. The molecular weight excluding hydrogens is 709 g/mol. The molecule has 0 radical (unpaired) electrons. The second-order valence-electron chi connectivity index (χ2n) is 13.2. The molecule has 0 amide bonds. The van der Waals surface area contributed by atoms with Gasteiger partial charge in [-0.05, 0) is 126 Å². The molecule has 0 aliphatic heterocycles. The van der Waals surface area contributed by atoms with Gasteiger partial charge in [0.15, 0.2) is 0 Å². The van der Waals surface area contributed by atoms with E-state index in [0.717, 1.165) is 51.4 Å². The van der Waals surface area contributed by atoms with Gasteiger partial charge < -0.3 is 9.47 Å². The van der Waals surface area contributed by atoms with E-state index in [4.69, 9.17) is 9.47 Å². The summed E-state index contributed by atoms with van der Waals surface area (Å²) in [5.41, 5.74) is 10.2. The van der Waals surface area contributed by atoms with Crippen molar-refractivity contribution < 1.29 is 19.1 Å². The summed E-state index contributed by atoms with van der Waals surface area (Å²) in [5, 5.41) is 0. The fourth-order valence-corrected chi connectivity index (χ4v) is 5.16. The molecule has 0 aliphatic carbocycles. The lowest BCUT2D eigenvalue weighted by Crippen LogP contribution is -2.07. The lowest BCUT2D eigenvalue weighted by Gasteiger charge is -2.04. The quantitative estimate of drug-likeness (QED) is 0.0479. The molecule has 8 nitrogen and oxygen atoms in total. The van der Waals surface area contributed by atoms with E-state index in [9.17, 15) is 9.59 Å². The predicted octanol–water partition coefficient (Wildman–Crippen LogP) is 11.2. The van der Waals surface area contributed by atoms with E-state index in [2.05, 4.69) is 57.4 Å². The maximum absolute atomic E-state index is 11.7. The van der Waals surface area contributed by atoms with Crippen molar-refractivity contribution in [1.29, 1.82) is 0 Å². The molecular formula is C49H40N4O4. The minimum atomic E-state index is -0.453. The Balaban J connectivity index is 0.946. The Kier molecular flexibility index (Phi) is 13.1. The van der Waals surface area contributed by atoms with Gasteiger partial charge in [0, 0.05) is 36.0 Å². The Morgan fingerprint density at radius 1 is 0.421 bits per heavy atom. The largest absolute Gasteiger partial charge is 0.423 e. The van der Waals surface area contributed by atoms with Gasteiger partial charge in [-0.1, -0.05) is 86.0 Å². The molecule has 0 spiro atoms. The number of nitrogens with zero attached hydrogens (tertiary/aromatic N) is 4. The third kappa shape index (κ3) is 12.2. The maximum atomic E-state index is 11.7. The molecule has 0 N–H and O–H groups in total. The number of aliphatic imine (C=N–C) groups is 4. The fourth-order valence-electron chi connectivity index (χ4n) is 5.16. The van der Waals surface area contributed by atoms with Crippen LogP contribution in [0.25, 0.3) is 0 Å². The molecule has 6 aromatic rings. The first-order chi connectivity index (χ1) is 27.6. The molecule has 6 aromatic carbocycles. The third-order valence-corrected chi connectivity index (χ3v) is 8.40. The van der Waals surface area contributed by atoms with E-state index >= 15 is 0 Å². The molecule has 6 rings (SSSR count). The van der Waals surface area contributed by atoms with E-state index in [1.54, 1.807) is 74.8 Å². The summed E-state index contributed by atoms with van der Waals surface area (Å²) in [4.78, 5) is 41.7. The second-order valence-corrected chi connectivity index (χ2v) is 13.2. The Bertz CT molecular complexity index is 2290. The van der Waals surface area contributed by atoms with Gasteiger partial charge in [-0.15, -0.1) is 0 Å². The highest BCUT2D eigenvalue weighted by atomic mass is 16.5. The first kappa shape index (κ1) is 39.1. The number of hydrogen-bond donors (Lipinski definition) is 0. The van der Waals surface area contributed by atoms with Crippen LogP contribution in [0.4, 0.5) is 22.7 Å². The molecule has 57 heavy (non-hydrogen) atoms. The van der Waals surface area contributed by atoms with Crippen molar-refractivity contribution in [1.82, 2.24) is 0 Å². The normalized spacial score (nSPS) is 11.4. The van der Waals surface area contributed by atoms with Crippen molar-refractivity contribution >= 4 is 59.5 Å². The van der Waals surface area contributed by atoms with Crippen LogP contribution in [-0.4, -0.2) is 36.8 Å². The smallest absolute Gasteiger partial charge is 0.338 e. The van der Waals surface area contributed by atoms with Crippen LogP contribution in [0.1, 0.15) is 47.2 Å². The predicted molar refractivity (Wildman–Crippen MR) is 231 cm³/mol. The van der Waals surface area contributed by atoms with Crippen molar-refractivity contribution in [2.75, 3.05) is 0 Å². The number of benzene rings is 6. The van der Waals surface area contributed by atoms with Gasteiger partial charge in [0.2, 0.25) is 0 Å². The zero-order chi connectivity index (χ0) is 40.0. The summed E-state index contributed by atoms with van der Waals surface area (Å²) in [6, 6.07) is 46.4. The number of carbonyl (C=O) groups is 2. The second kappa shape index (κ2) is 19.1. The van der Waals surface area contributed by atoms with E-state index < -0.39 is 11.9 Å². The Labute approximate surface area is 332 Å². The number of rotatable bonds is 14. The molecule has 0 unspecified atom stereocenters. The van der Waals surface area contributed by atoms with Crippen LogP contribution in [0, 0.1) is 0 Å². The summed E-state index contributed by atoms with van der Waals surface area (Å²) >= 11 is 0. The van der Waals surface area contributed by atoms with Gasteiger partial charge in [-0.25, -0.2) is 9.59 Å². The standard InChI is InChI=1S/C49H40N4O4/c1-34(2)48(54)56-46-25-21-44(22-26-46)52-32-40-9-5-38(6-10-40)30-50-42-17-13-36(14-18-42)29-37-15-19-43(20-16-37)51-31-39-7-11-41(12-8-39)33-53-45-23-27-47(28-24-45)57-49(55)35(3)4/h5-28,30-33H,1,3,29H2,2,4H3. The molecule has 0 saturated heterocycles. The highest BCUT2D eigenvalue weighted by Crippen LogP contribution is 2.22. The molecule has 0 heterocycles. The highest BCUT2D eigenvalue weighted by Gasteiger charge is 2.06. The van der Waals surface area contributed by atoms with Gasteiger partial charge in [-0.3, -0.25) is 20.0 Å². The van der Waals surface area contributed by atoms with E-state index in [-0.39, 0.29) is 0 Å². The molecule has 0 aliphatic rings.